The van der Waals surface area contributed by atoms with Gasteiger partial charge in [-0.3, -0.25) is 0 Å². The summed E-state index contributed by atoms with van der Waals surface area (Å²) in [5.74, 6) is 0.564. The van der Waals surface area contributed by atoms with E-state index in [0.29, 0.717) is 5.92 Å². The van der Waals surface area contributed by atoms with Gasteiger partial charge in [-0.05, 0) is 26.2 Å². The summed E-state index contributed by atoms with van der Waals surface area (Å²) in [6.45, 7) is 5.31. The number of aromatic nitrogens is 1. The van der Waals surface area contributed by atoms with Gasteiger partial charge in [-0.2, -0.15) is 0 Å². The molecule has 0 saturated carbocycles. The molecule has 0 aromatic carbocycles. The predicted octanol–water partition coefficient (Wildman–Crippen LogP) is 1.87. The first-order valence-electron chi connectivity index (χ1n) is 5.67. The number of rotatable bonds is 4. The Balaban J connectivity index is 1.88. The van der Waals surface area contributed by atoms with E-state index in [9.17, 15) is 0 Å². The highest BCUT2D eigenvalue weighted by atomic mass is 32.1. The first-order valence-corrected chi connectivity index (χ1v) is 6.55. The number of hydrogen-bond donors (Lipinski definition) is 2. The molecule has 0 spiro atoms. The van der Waals surface area contributed by atoms with E-state index < -0.39 is 0 Å². The fourth-order valence-electron chi connectivity index (χ4n) is 1.95. The van der Waals surface area contributed by atoms with E-state index in [2.05, 4.69) is 36.3 Å². The lowest BCUT2D eigenvalue weighted by Gasteiger charge is -2.25. The largest absolute Gasteiger partial charge is 0.324 e. The van der Waals surface area contributed by atoms with Crippen LogP contribution in [0.1, 0.15) is 25.3 Å². The second-order valence-electron chi connectivity index (χ2n) is 4.89. The average Bonchev–Trinajstić information content (AvgIpc) is 2.85. The summed E-state index contributed by atoms with van der Waals surface area (Å²) in [7, 11) is 0. The van der Waals surface area contributed by atoms with Crippen LogP contribution in [0.25, 0.3) is 0 Å². The Bertz CT molecular complexity index is 356. The minimum atomic E-state index is -0.0469. The minimum absolute atomic E-state index is 0.0469. The molecular formula is C12H19N3S. The van der Waals surface area contributed by atoms with Gasteiger partial charge in [0.05, 0.1) is 5.54 Å². The molecule has 1 aliphatic carbocycles. The molecule has 88 valence electrons. The number of nitrogens with two attached hydrogens (primary N) is 1. The van der Waals surface area contributed by atoms with Crippen molar-refractivity contribution in [3.63, 3.8) is 0 Å². The van der Waals surface area contributed by atoms with Gasteiger partial charge in [-0.1, -0.05) is 12.2 Å². The van der Waals surface area contributed by atoms with Crippen molar-refractivity contribution in [1.82, 2.24) is 10.3 Å². The molecule has 0 amide bonds. The maximum Gasteiger partial charge on any atom is 0.112 e. The van der Waals surface area contributed by atoms with E-state index in [1.165, 1.54) is 0 Å². The van der Waals surface area contributed by atoms with Crippen LogP contribution in [0.2, 0.25) is 0 Å². The Hall–Kier alpha value is -0.710. The highest BCUT2D eigenvalue weighted by molar-refractivity contribution is 7.09. The topological polar surface area (TPSA) is 50.9 Å². The number of thiazole rings is 1. The molecule has 1 aromatic rings. The quantitative estimate of drug-likeness (QED) is 0.786. The van der Waals surface area contributed by atoms with Gasteiger partial charge in [0, 0.05) is 24.2 Å². The van der Waals surface area contributed by atoms with E-state index in [1.54, 1.807) is 11.3 Å². The van der Waals surface area contributed by atoms with E-state index >= 15 is 0 Å². The van der Waals surface area contributed by atoms with E-state index in [4.69, 9.17) is 5.73 Å². The van der Waals surface area contributed by atoms with Gasteiger partial charge >= 0.3 is 0 Å². The lowest BCUT2D eigenvalue weighted by Crippen LogP contribution is -2.39. The molecule has 2 unspecified atom stereocenters. The van der Waals surface area contributed by atoms with Gasteiger partial charge in [0.1, 0.15) is 5.01 Å². The smallest absolute Gasteiger partial charge is 0.112 e. The first-order chi connectivity index (χ1) is 7.58. The molecule has 2 atom stereocenters. The molecular weight excluding hydrogens is 218 g/mol. The third kappa shape index (κ3) is 2.70. The second kappa shape index (κ2) is 4.65. The van der Waals surface area contributed by atoms with E-state index in [-0.39, 0.29) is 11.6 Å². The van der Waals surface area contributed by atoms with Crippen molar-refractivity contribution in [2.75, 3.05) is 6.54 Å². The summed E-state index contributed by atoms with van der Waals surface area (Å²) in [6, 6.07) is 0.245. The molecule has 0 aliphatic heterocycles. The number of nitrogens with zero attached hydrogens (tertiary/aromatic N) is 1. The maximum absolute atomic E-state index is 5.83. The van der Waals surface area contributed by atoms with Crippen molar-refractivity contribution >= 4 is 11.3 Å². The molecule has 0 bridgehead atoms. The molecule has 0 fully saturated rings. The van der Waals surface area contributed by atoms with Gasteiger partial charge in [0.2, 0.25) is 0 Å². The van der Waals surface area contributed by atoms with Gasteiger partial charge in [0.15, 0.2) is 0 Å². The minimum Gasteiger partial charge on any atom is -0.324 e. The van der Waals surface area contributed by atoms with Crippen LogP contribution in [0.15, 0.2) is 23.7 Å². The van der Waals surface area contributed by atoms with Crippen molar-refractivity contribution in [3.05, 3.63) is 28.7 Å². The zero-order chi connectivity index (χ0) is 11.6. The molecule has 16 heavy (non-hydrogen) atoms. The van der Waals surface area contributed by atoms with Crippen molar-refractivity contribution in [2.45, 2.75) is 31.8 Å². The van der Waals surface area contributed by atoms with Crippen molar-refractivity contribution in [1.29, 1.82) is 0 Å². The van der Waals surface area contributed by atoms with Gasteiger partial charge in [-0.15, -0.1) is 11.3 Å². The normalized spacial score (nSPS) is 25.2. The third-order valence-electron chi connectivity index (χ3n) is 2.98. The lowest BCUT2D eigenvalue weighted by molar-refractivity contribution is 0.371. The van der Waals surface area contributed by atoms with Crippen LogP contribution in [0.4, 0.5) is 0 Å². The molecule has 4 heteroatoms. The van der Waals surface area contributed by atoms with Crippen LogP contribution in [0.5, 0.6) is 0 Å². The van der Waals surface area contributed by atoms with Gasteiger partial charge < -0.3 is 11.1 Å². The fourth-order valence-corrected chi connectivity index (χ4v) is 2.69. The van der Waals surface area contributed by atoms with Crippen molar-refractivity contribution in [3.8, 4) is 0 Å². The van der Waals surface area contributed by atoms with Crippen molar-refractivity contribution < 1.29 is 0 Å². The van der Waals surface area contributed by atoms with E-state index in [0.717, 1.165) is 18.0 Å². The van der Waals surface area contributed by atoms with Crippen LogP contribution in [0, 0.1) is 5.92 Å². The van der Waals surface area contributed by atoms with Gasteiger partial charge in [0.25, 0.3) is 0 Å². The molecule has 0 saturated heterocycles. The molecule has 1 aliphatic rings. The Morgan fingerprint density at radius 2 is 2.38 bits per heavy atom. The summed E-state index contributed by atoms with van der Waals surface area (Å²) >= 11 is 1.70. The average molecular weight is 237 g/mol. The summed E-state index contributed by atoms with van der Waals surface area (Å²) < 4.78 is 0. The van der Waals surface area contributed by atoms with Crippen LogP contribution < -0.4 is 11.1 Å². The molecule has 1 heterocycles. The number of nitrogens with one attached hydrogen (secondary N) is 1. The van der Waals surface area contributed by atoms with Crippen LogP contribution in [0.3, 0.4) is 0 Å². The molecule has 1 aromatic heterocycles. The number of hydrogen-bond acceptors (Lipinski definition) is 4. The molecule has 2 rings (SSSR count). The first kappa shape index (κ1) is 11.8. The third-order valence-corrected chi connectivity index (χ3v) is 4.08. The summed E-state index contributed by atoms with van der Waals surface area (Å²) in [6.07, 6.45) is 7.23. The Morgan fingerprint density at radius 1 is 1.56 bits per heavy atom. The monoisotopic (exact) mass is 237 g/mol. The van der Waals surface area contributed by atoms with Crippen LogP contribution in [-0.2, 0) is 5.54 Å². The predicted molar refractivity (Wildman–Crippen MR) is 68.4 cm³/mol. The lowest BCUT2D eigenvalue weighted by atomic mass is 10.0. The van der Waals surface area contributed by atoms with Crippen LogP contribution >= 0.6 is 11.3 Å². The molecule has 3 N–H and O–H groups in total. The summed E-state index contributed by atoms with van der Waals surface area (Å²) in [4.78, 5) is 4.36. The Kier molecular flexibility index (Phi) is 3.42. The Morgan fingerprint density at radius 3 is 2.94 bits per heavy atom. The maximum atomic E-state index is 5.83. The zero-order valence-electron chi connectivity index (χ0n) is 9.81. The second-order valence-corrected chi connectivity index (χ2v) is 5.78. The standard InChI is InChI=1S/C12H19N3S/c1-12(2,11-14-5-6-16-11)15-8-9-3-4-10(13)7-9/h3-6,9-10,15H,7-8,13H2,1-2H3. The van der Waals surface area contributed by atoms with Crippen LogP contribution in [-0.4, -0.2) is 17.6 Å². The van der Waals surface area contributed by atoms with Crippen molar-refractivity contribution in [2.24, 2.45) is 11.7 Å². The highest BCUT2D eigenvalue weighted by Crippen LogP contribution is 2.23. The highest BCUT2D eigenvalue weighted by Gasteiger charge is 2.24. The van der Waals surface area contributed by atoms with E-state index in [1.807, 2.05) is 11.6 Å². The summed E-state index contributed by atoms with van der Waals surface area (Å²) in [5, 5.41) is 6.72. The molecule has 3 nitrogen and oxygen atoms in total. The Labute approximate surface area is 101 Å². The fraction of sp³-hybridized carbons (Fsp3) is 0.583. The zero-order valence-corrected chi connectivity index (χ0v) is 10.6. The summed E-state index contributed by atoms with van der Waals surface area (Å²) in [5.41, 5.74) is 5.79. The molecule has 0 radical (unpaired) electrons. The SMILES string of the molecule is CC(C)(NCC1C=CC(N)C1)c1nccs1. The van der Waals surface area contributed by atoms with Gasteiger partial charge in [-0.25, -0.2) is 4.98 Å².